The lowest BCUT2D eigenvalue weighted by Crippen LogP contribution is -2.12. The van der Waals surface area contributed by atoms with E-state index < -0.39 is 29.7 Å². The summed E-state index contributed by atoms with van der Waals surface area (Å²) in [5.41, 5.74) is 4.19. The molecule has 0 amide bonds. The van der Waals surface area contributed by atoms with Crippen LogP contribution >= 0.6 is 0 Å². The number of nitriles is 1. The monoisotopic (exact) mass is 404 g/mol. The minimum atomic E-state index is -4.76. The normalized spacial score (nSPS) is 11.1. The molecule has 0 atom stereocenters. The first-order chi connectivity index (χ1) is 13.7. The Balaban J connectivity index is 1.90. The van der Waals surface area contributed by atoms with E-state index in [1.165, 1.54) is 24.3 Å². The minimum absolute atomic E-state index is 0.0128. The first kappa shape index (κ1) is 19.9. The number of nitrogens with one attached hydrogen (secondary N) is 1. The van der Waals surface area contributed by atoms with E-state index >= 15 is 0 Å². The van der Waals surface area contributed by atoms with Crippen LogP contribution in [0.2, 0.25) is 0 Å². The van der Waals surface area contributed by atoms with Crippen molar-refractivity contribution in [2.45, 2.75) is 12.8 Å². The molecular formula is C19H12F4N4O2. The van der Waals surface area contributed by atoms with E-state index in [4.69, 9.17) is 10.5 Å². The van der Waals surface area contributed by atoms with Gasteiger partial charge in [0, 0.05) is 17.2 Å². The fourth-order valence-electron chi connectivity index (χ4n) is 2.62. The summed E-state index contributed by atoms with van der Waals surface area (Å²) in [6, 6.07) is 9.52. The number of nitrogens with zero attached hydrogens (tertiary/aromatic N) is 2. The summed E-state index contributed by atoms with van der Waals surface area (Å²) in [4.78, 5) is 17.8. The SMILES string of the molecule is N#Cc1cc(-c2cc(=O)[nH]c(N)n2)ccc1OCc1ccc(F)cc1C(F)(F)F. The number of halogens is 4. The topological polar surface area (TPSA) is 105 Å². The van der Waals surface area contributed by atoms with E-state index in [1.54, 1.807) is 0 Å². The molecule has 1 aromatic heterocycles. The fourth-order valence-corrected chi connectivity index (χ4v) is 2.62. The Morgan fingerprint density at radius 1 is 1.17 bits per heavy atom. The molecule has 0 unspecified atom stereocenters. The molecule has 2 aromatic carbocycles. The number of hydrogen-bond donors (Lipinski definition) is 2. The average molecular weight is 404 g/mol. The Bertz CT molecular complexity index is 1170. The maximum absolute atomic E-state index is 13.2. The van der Waals surface area contributed by atoms with E-state index in [2.05, 4.69) is 9.97 Å². The third kappa shape index (κ3) is 4.52. The summed E-state index contributed by atoms with van der Waals surface area (Å²) in [5.74, 6) is -1.11. The molecule has 0 radical (unpaired) electrons. The van der Waals surface area contributed by atoms with Crippen LogP contribution in [0.15, 0.2) is 47.3 Å². The lowest BCUT2D eigenvalue weighted by atomic mass is 10.1. The van der Waals surface area contributed by atoms with Gasteiger partial charge in [0.25, 0.3) is 5.56 Å². The Morgan fingerprint density at radius 2 is 1.93 bits per heavy atom. The van der Waals surface area contributed by atoms with Gasteiger partial charge >= 0.3 is 6.18 Å². The van der Waals surface area contributed by atoms with E-state index in [-0.39, 0.29) is 28.5 Å². The van der Waals surface area contributed by atoms with Crippen LogP contribution in [0.1, 0.15) is 16.7 Å². The van der Waals surface area contributed by atoms with Crippen molar-refractivity contribution in [2.75, 3.05) is 5.73 Å². The van der Waals surface area contributed by atoms with Gasteiger partial charge in [0.2, 0.25) is 5.95 Å². The molecule has 0 aliphatic carbocycles. The zero-order valence-electron chi connectivity index (χ0n) is 14.5. The van der Waals surface area contributed by atoms with Crippen LogP contribution in [-0.4, -0.2) is 9.97 Å². The Labute approximate surface area is 161 Å². The Morgan fingerprint density at radius 3 is 2.59 bits per heavy atom. The van der Waals surface area contributed by atoms with Crippen LogP contribution in [0, 0.1) is 17.1 Å². The second-order valence-corrected chi connectivity index (χ2v) is 5.93. The summed E-state index contributed by atoms with van der Waals surface area (Å²) in [6.07, 6.45) is -4.76. The molecule has 0 spiro atoms. The number of benzene rings is 2. The van der Waals surface area contributed by atoms with E-state index in [0.717, 1.165) is 12.1 Å². The highest BCUT2D eigenvalue weighted by Gasteiger charge is 2.34. The molecule has 0 aliphatic rings. The van der Waals surface area contributed by atoms with Gasteiger partial charge in [-0.3, -0.25) is 9.78 Å². The number of aromatic amines is 1. The van der Waals surface area contributed by atoms with Gasteiger partial charge in [0.05, 0.1) is 16.8 Å². The van der Waals surface area contributed by atoms with Gasteiger partial charge in [-0.2, -0.15) is 18.4 Å². The molecule has 0 bridgehead atoms. The number of nitrogens with two attached hydrogens (primary N) is 1. The lowest BCUT2D eigenvalue weighted by Gasteiger charge is -2.14. The van der Waals surface area contributed by atoms with Crippen LogP contribution < -0.4 is 16.0 Å². The minimum Gasteiger partial charge on any atom is -0.488 e. The van der Waals surface area contributed by atoms with Gasteiger partial charge in [-0.25, -0.2) is 9.37 Å². The second-order valence-electron chi connectivity index (χ2n) is 5.93. The summed E-state index contributed by atoms with van der Waals surface area (Å²) in [6.45, 7) is -0.528. The Hall–Kier alpha value is -3.87. The molecule has 148 valence electrons. The number of nitrogen functional groups attached to an aromatic ring is 1. The van der Waals surface area contributed by atoms with Gasteiger partial charge in [-0.05, 0) is 30.3 Å². The summed E-state index contributed by atoms with van der Waals surface area (Å²) in [5, 5.41) is 9.34. The molecule has 3 N–H and O–H groups in total. The Kier molecular flexibility index (Phi) is 5.23. The summed E-state index contributed by atoms with van der Waals surface area (Å²) in [7, 11) is 0. The number of anilines is 1. The molecule has 29 heavy (non-hydrogen) atoms. The first-order valence-electron chi connectivity index (χ1n) is 8.07. The van der Waals surface area contributed by atoms with Crippen LogP contribution in [0.25, 0.3) is 11.3 Å². The van der Waals surface area contributed by atoms with Gasteiger partial charge in [-0.15, -0.1) is 0 Å². The van der Waals surface area contributed by atoms with Crippen LogP contribution in [0.4, 0.5) is 23.5 Å². The number of aromatic nitrogens is 2. The molecule has 1 heterocycles. The number of rotatable bonds is 4. The van der Waals surface area contributed by atoms with Crippen molar-refractivity contribution >= 4 is 5.95 Å². The molecule has 3 aromatic rings. The zero-order valence-corrected chi connectivity index (χ0v) is 14.5. The van der Waals surface area contributed by atoms with Crippen molar-refractivity contribution in [1.82, 2.24) is 9.97 Å². The predicted molar refractivity (Wildman–Crippen MR) is 95.2 cm³/mol. The van der Waals surface area contributed by atoms with Crippen LogP contribution in [-0.2, 0) is 12.8 Å². The van der Waals surface area contributed by atoms with Gasteiger partial charge in [0.15, 0.2) is 0 Å². The molecule has 6 nitrogen and oxygen atoms in total. The van der Waals surface area contributed by atoms with Crippen LogP contribution in [0.5, 0.6) is 5.75 Å². The van der Waals surface area contributed by atoms with Gasteiger partial charge < -0.3 is 10.5 Å². The molecule has 0 aliphatic heterocycles. The third-order valence-electron chi connectivity index (χ3n) is 3.92. The number of hydrogen-bond acceptors (Lipinski definition) is 5. The molecule has 0 fully saturated rings. The molecule has 0 saturated carbocycles. The van der Waals surface area contributed by atoms with Crippen molar-refractivity contribution < 1.29 is 22.3 Å². The van der Waals surface area contributed by atoms with Crippen molar-refractivity contribution in [3.8, 4) is 23.1 Å². The second kappa shape index (κ2) is 7.63. The van der Waals surface area contributed by atoms with E-state index in [1.807, 2.05) is 6.07 Å². The molecule has 0 saturated heterocycles. The van der Waals surface area contributed by atoms with Gasteiger partial charge in [0.1, 0.15) is 24.2 Å². The standard InChI is InChI=1S/C19H12F4N4O2/c20-13-3-1-11(14(6-13)19(21,22)23)9-29-16-4-2-10(5-12(16)8-24)15-7-17(28)27-18(25)26-15/h1-7H,9H2,(H3,25,26,27,28). The van der Waals surface area contributed by atoms with Crippen molar-refractivity contribution in [1.29, 1.82) is 5.26 Å². The van der Waals surface area contributed by atoms with E-state index in [0.29, 0.717) is 11.6 Å². The third-order valence-corrected chi connectivity index (χ3v) is 3.92. The highest BCUT2D eigenvalue weighted by atomic mass is 19.4. The van der Waals surface area contributed by atoms with Crippen LogP contribution in [0.3, 0.4) is 0 Å². The average Bonchev–Trinajstić information content (AvgIpc) is 2.65. The lowest BCUT2D eigenvalue weighted by molar-refractivity contribution is -0.138. The predicted octanol–water partition coefficient (Wildman–Crippen LogP) is 3.63. The number of H-pyrrole nitrogens is 1. The first-order valence-corrected chi connectivity index (χ1v) is 8.07. The van der Waals surface area contributed by atoms with Crippen molar-refractivity contribution in [2.24, 2.45) is 0 Å². The smallest absolute Gasteiger partial charge is 0.416 e. The van der Waals surface area contributed by atoms with E-state index in [9.17, 15) is 27.6 Å². The largest absolute Gasteiger partial charge is 0.488 e. The highest BCUT2D eigenvalue weighted by molar-refractivity contribution is 5.64. The van der Waals surface area contributed by atoms with Gasteiger partial charge in [-0.1, -0.05) is 6.07 Å². The molecular weight excluding hydrogens is 392 g/mol. The quantitative estimate of drug-likeness (QED) is 0.646. The maximum atomic E-state index is 13.2. The number of ether oxygens (including phenoxy) is 1. The number of alkyl halides is 3. The molecule has 10 heteroatoms. The molecule has 3 rings (SSSR count). The summed E-state index contributed by atoms with van der Waals surface area (Å²) >= 11 is 0. The maximum Gasteiger partial charge on any atom is 0.416 e. The van der Waals surface area contributed by atoms with Crippen molar-refractivity contribution in [3.05, 3.63) is 75.3 Å². The summed E-state index contributed by atoms with van der Waals surface area (Å²) < 4.78 is 57.8. The fraction of sp³-hybridized carbons (Fsp3) is 0.105. The van der Waals surface area contributed by atoms with Crippen molar-refractivity contribution in [3.63, 3.8) is 0 Å². The zero-order chi connectivity index (χ0) is 21.2. The highest BCUT2D eigenvalue weighted by Crippen LogP contribution is 2.33.